The fraction of sp³-hybridized carbons (Fsp3) is 0.727. The molecule has 0 atom stereocenters. The molecule has 0 heterocycles. The van der Waals surface area contributed by atoms with Gasteiger partial charge in [0.25, 0.3) is 0 Å². The number of hydrogen-bond acceptors (Lipinski definition) is 2. The molecular weight excluding hydrogens is 162 g/mol. The predicted octanol–water partition coefficient (Wildman–Crippen LogP) is 3.12. The van der Waals surface area contributed by atoms with Gasteiger partial charge in [0.05, 0.1) is 0 Å². The van der Waals surface area contributed by atoms with Gasteiger partial charge >= 0.3 is 0 Å². The Hall–Kier alpha value is -0.790. The molecule has 0 amide bonds. The molecule has 2 aliphatic carbocycles. The van der Waals surface area contributed by atoms with Crippen molar-refractivity contribution in [2.45, 2.75) is 44.9 Å². The largest absolute Gasteiger partial charge is 0.361 e. The molecule has 1 radical (unpaired) electrons. The van der Waals surface area contributed by atoms with Crippen LogP contribution in [-0.2, 0) is 4.84 Å². The van der Waals surface area contributed by atoms with Crippen LogP contribution < -0.4 is 0 Å². The van der Waals surface area contributed by atoms with Crippen molar-refractivity contribution in [3.63, 3.8) is 0 Å². The highest BCUT2D eigenvalue weighted by Crippen LogP contribution is 2.24. The van der Waals surface area contributed by atoms with Gasteiger partial charge in [-0.2, -0.15) is 0 Å². The van der Waals surface area contributed by atoms with Crippen LogP contribution in [0.15, 0.2) is 17.0 Å². The summed E-state index contributed by atoms with van der Waals surface area (Å²) < 4.78 is 0. The van der Waals surface area contributed by atoms with E-state index in [1.54, 1.807) is 0 Å². The van der Waals surface area contributed by atoms with E-state index in [1.165, 1.54) is 32.1 Å². The summed E-state index contributed by atoms with van der Waals surface area (Å²) in [5.74, 6) is 1.61. The molecule has 2 heteroatoms. The molecule has 0 aliphatic heterocycles. The summed E-state index contributed by atoms with van der Waals surface area (Å²) in [6.07, 6.45) is 13.7. The Labute approximate surface area is 79.7 Å². The van der Waals surface area contributed by atoms with E-state index in [0.717, 1.165) is 18.6 Å². The first-order valence-corrected chi connectivity index (χ1v) is 5.27. The Bertz CT molecular complexity index is 216. The zero-order chi connectivity index (χ0) is 8.93. The van der Waals surface area contributed by atoms with Gasteiger partial charge in [0.15, 0.2) is 0 Å². The van der Waals surface area contributed by atoms with Crippen molar-refractivity contribution in [2.24, 2.45) is 11.1 Å². The van der Waals surface area contributed by atoms with Crippen LogP contribution in [0.2, 0.25) is 0 Å². The molecule has 2 aliphatic rings. The third kappa shape index (κ3) is 2.58. The van der Waals surface area contributed by atoms with Gasteiger partial charge in [-0.25, -0.2) is 0 Å². The minimum absolute atomic E-state index is 0.573. The highest BCUT2D eigenvalue weighted by Gasteiger charge is 2.15. The highest BCUT2D eigenvalue weighted by molar-refractivity contribution is 5.60. The molecule has 1 fully saturated rings. The van der Waals surface area contributed by atoms with Crippen LogP contribution in [-0.4, -0.2) is 6.21 Å². The predicted molar refractivity (Wildman–Crippen MR) is 52.4 cm³/mol. The van der Waals surface area contributed by atoms with E-state index < -0.39 is 0 Å². The number of nitrogens with zero attached hydrogens (tertiary/aromatic N) is 1. The summed E-state index contributed by atoms with van der Waals surface area (Å²) in [5, 5.41) is 3.90. The summed E-state index contributed by atoms with van der Waals surface area (Å²) in [6.45, 7) is 0. The maximum absolute atomic E-state index is 5.26. The summed E-state index contributed by atoms with van der Waals surface area (Å²) in [4.78, 5) is 5.26. The van der Waals surface area contributed by atoms with E-state index >= 15 is 0 Å². The normalized spacial score (nSPS) is 24.2. The lowest BCUT2D eigenvalue weighted by molar-refractivity contribution is 0.206. The Balaban J connectivity index is 1.71. The third-order valence-corrected chi connectivity index (χ3v) is 2.75. The van der Waals surface area contributed by atoms with Crippen LogP contribution in [0.4, 0.5) is 0 Å². The van der Waals surface area contributed by atoms with Crippen molar-refractivity contribution >= 4 is 6.21 Å². The fourth-order valence-corrected chi connectivity index (χ4v) is 1.59. The molecule has 1 saturated carbocycles. The molecule has 71 valence electrons. The smallest absolute Gasteiger partial charge is 0.131 e. The molecule has 0 spiro atoms. The molecule has 13 heavy (non-hydrogen) atoms. The fourth-order valence-electron chi connectivity index (χ4n) is 1.59. The zero-order valence-electron chi connectivity index (χ0n) is 7.96. The van der Waals surface area contributed by atoms with E-state index in [9.17, 15) is 0 Å². The molecule has 0 bridgehead atoms. The molecule has 0 unspecified atom stereocenters. The summed E-state index contributed by atoms with van der Waals surface area (Å²) in [6, 6.07) is 0. The van der Waals surface area contributed by atoms with Crippen molar-refractivity contribution in [3.8, 4) is 0 Å². The standard InChI is InChI=1S/C11H16NO/c1-2-7-11(8-3-1)13-12-9-10-5-4-6-10/h7,10H,1-6,8H2. The Kier molecular flexibility index (Phi) is 3.01. The molecule has 0 aromatic carbocycles. The Morgan fingerprint density at radius 3 is 2.85 bits per heavy atom. The summed E-state index contributed by atoms with van der Waals surface area (Å²) in [5.41, 5.74) is 0. The van der Waals surface area contributed by atoms with Crippen LogP contribution in [0, 0.1) is 5.92 Å². The van der Waals surface area contributed by atoms with E-state index in [0.29, 0.717) is 5.92 Å². The number of allylic oxidation sites excluding steroid dienone is 2. The lowest BCUT2D eigenvalue weighted by Gasteiger charge is -2.19. The topological polar surface area (TPSA) is 21.6 Å². The lowest BCUT2D eigenvalue weighted by Crippen LogP contribution is -2.12. The molecule has 2 nitrogen and oxygen atoms in total. The number of rotatable bonds is 3. The Morgan fingerprint density at radius 2 is 2.23 bits per heavy atom. The Morgan fingerprint density at radius 1 is 1.31 bits per heavy atom. The van der Waals surface area contributed by atoms with Crippen LogP contribution in [0.1, 0.15) is 44.9 Å². The van der Waals surface area contributed by atoms with Gasteiger partial charge < -0.3 is 4.84 Å². The van der Waals surface area contributed by atoms with Crippen LogP contribution >= 0.6 is 0 Å². The van der Waals surface area contributed by atoms with E-state index in [2.05, 4.69) is 17.4 Å². The molecule has 0 aromatic rings. The average molecular weight is 178 g/mol. The first-order chi connectivity index (χ1) is 6.45. The van der Waals surface area contributed by atoms with Gasteiger partial charge in [0.1, 0.15) is 12.0 Å². The quantitative estimate of drug-likeness (QED) is 0.480. The van der Waals surface area contributed by atoms with Crippen LogP contribution in [0.3, 0.4) is 0 Å². The second-order valence-electron chi connectivity index (χ2n) is 3.86. The summed E-state index contributed by atoms with van der Waals surface area (Å²) in [7, 11) is 0. The van der Waals surface area contributed by atoms with E-state index in [-0.39, 0.29) is 0 Å². The van der Waals surface area contributed by atoms with Crippen LogP contribution in [0.25, 0.3) is 0 Å². The minimum atomic E-state index is 0.573. The number of hydrogen-bond donors (Lipinski definition) is 0. The van der Waals surface area contributed by atoms with E-state index in [4.69, 9.17) is 4.84 Å². The van der Waals surface area contributed by atoms with Gasteiger partial charge in [0.2, 0.25) is 0 Å². The second kappa shape index (κ2) is 4.45. The maximum Gasteiger partial charge on any atom is 0.131 e. The van der Waals surface area contributed by atoms with Crippen molar-refractivity contribution in [2.75, 3.05) is 0 Å². The monoisotopic (exact) mass is 178 g/mol. The highest BCUT2D eigenvalue weighted by atomic mass is 16.6. The molecule has 0 aromatic heterocycles. The van der Waals surface area contributed by atoms with Crippen molar-refractivity contribution in [1.82, 2.24) is 0 Å². The van der Waals surface area contributed by atoms with E-state index in [1.807, 2.05) is 0 Å². The SMILES string of the molecule is [C](=N\OC1=CCCCC1)/C1CCC1. The van der Waals surface area contributed by atoms with Crippen LogP contribution in [0.5, 0.6) is 0 Å². The van der Waals surface area contributed by atoms with Gasteiger partial charge in [0, 0.05) is 12.3 Å². The second-order valence-corrected chi connectivity index (χ2v) is 3.86. The molecule has 2 rings (SSSR count). The van der Waals surface area contributed by atoms with Gasteiger partial charge in [-0.1, -0.05) is 11.6 Å². The van der Waals surface area contributed by atoms with Crippen molar-refractivity contribution in [1.29, 1.82) is 0 Å². The summed E-state index contributed by atoms with van der Waals surface area (Å²) >= 11 is 0. The first kappa shape index (κ1) is 8.79. The van der Waals surface area contributed by atoms with Crippen molar-refractivity contribution in [3.05, 3.63) is 11.8 Å². The van der Waals surface area contributed by atoms with Gasteiger partial charge in [-0.3, -0.25) is 0 Å². The molecular formula is C11H16NO. The lowest BCUT2D eigenvalue weighted by atomic mass is 9.87. The van der Waals surface area contributed by atoms with Crippen molar-refractivity contribution < 1.29 is 4.84 Å². The third-order valence-electron chi connectivity index (χ3n) is 2.75. The minimum Gasteiger partial charge on any atom is -0.361 e. The van der Waals surface area contributed by atoms with Gasteiger partial charge in [-0.15, -0.1) is 0 Å². The first-order valence-electron chi connectivity index (χ1n) is 5.27. The zero-order valence-corrected chi connectivity index (χ0v) is 7.96. The average Bonchev–Trinajstić information content (AvgIpc) is 2.11. The van der Waals surface area contributed by atoms with Gasteiger partial charge in [-0.05, 0) is 38.2 Å². The molecule has 0 N–H and O–H groups in total. The maximum atomic E-state index is 5.26. The molecule has 0 saturated heterocycles.